The molecule has 2 aliphatic heterocycles. The van der Waals surface area contributed by atoms with E-state index in [1.807, 2.05) is 35.7 Å². The van der Waals surface area contributed by atoms with Crippen LogP contribution in [0.3, 0.4) is 0 Å². The van der Waals surface area contributed by atoms with Crippen LogP contribution in [-0.2, 0) is 0 Å². The predicted octanol–water partition coefficient (Wildman–Crippen LogP) is 4.29. The van der Waals surface area contributed by atoms with Crippen molar-refractivity contribution < 1.29 is 14.0 Å². The quantitative estimate of drug-likeness (QED) is 0.728. The number of carbonyl (C=O) groups excluding carboxylic acids is 2. The fraction of sp³-hybridized carbons (Fsp3) is 0.364. The van der Waals surface area contributed by atoms with Gasteiger partial charge in [-0.3, -0.25) is 9.59 Å². The maximum atomic E-state index is 14.0. The van der Waals surface area contributed by atoms with Crippen LogP contribution in [0.15, 0.2) is 48.5 Å². The SMILES string of the molecule is O=C(c1ccc(C2SCCS2)cc1)N1CCCN(C(=O)c2ccccc2F)CC1. The van der Waals surface area contributed by atoms with E-state index in [0.717, 1.165) is 0 Å². The molecule has 2 aromatic rings. The smallest absolute Gasteiger partial charge is 0.256 e. The van der Waals surface area contributed by atoms with Crippen LogP contribution in [0.2, 0.25) is 0 Å². The Hall–Kier alpha value is -1.99. The molecule has 0 saturated carbocycles. The van der Waals surface area contributed by atoms with Gasteiger partial charge in [-0.05, 0) is 36.2 Å². The number of thioether (sulfide) groups is 2. The third-order valence-electron chi connectivity index (χ3n) is 5.23. The summed E-state index contributed by atoms with van der Waals surface area (Å²) in [4.78, 5) is 29.0. The second-order valence-corrected chi connectivity index (χ2v) is 9.84. The molecule has 0 bridgehead atoms. The van der Waals surface area contributed by atoms with Crippen LogP contribution in [0.4, 0.5) is 4.39 Å². The summed E-state index contributed by atoms with van der Waals surface area (Å²) < 4.78 is 14.4. The van der Waals surface area contributed by atoms with Crippen LogP contribution >= 0.6 is 23.5 Å². The van der Waals surface area contributed by atoms with Gasteiger partial charge in [-0.1, -0.05) is 24.3 Å². The largest absolute Gasteiger partial charge is 0.337 e. The van der Waals surface area contributed by atoms with Crippen molar-refractivity contribution in [3.63, 3.8) is 0 Å². The summed E-state index contributed by atoms with van der Waals surface area (Å²) >= 11 is 3.89. The van der Waals surface area contributed by atoms with Crippen molar-refractivity contribution >= 4 is 35.3 Å². The Labute approximate surface area is 178 Å². The van der Waals surface area contributed by atoms with Gasteiger partial charge in [-0.2, -0.15) is 0 Å². The Morgan fingerprint density at radius 2 is 1.45 bits per heavy atom. The standard InChI is InChI=1S/C22H23FN2O2S2/c23-19-5-2-1-4-18(19)21(27)25-11-3-10-24(12-13-25)20(26)16-6-8-17(9-7-16)22-28-14-15-29-22/h1-2,4-9,22H,3,10-15H2. The van der Waals surface area contributed by atoms with Crippen LogP contribution in [0.1, 0.15) is 37.3 Å². The molecular weight excluding hydrogens is 407 g/mol. The lowest BCUT2D eigenvalue weighted by Crippen LogP contribution is -2.37. The number of hydrogen-bond donors (Lipinski definition) is 0. The highest BCUT2D eigenvalue weighted by atomic mass is 32.2. The van der Waals surface area contributed by atoms with Gasteiger partial charge in [0.25, 0.3) is 11.8 Å². The van der Waals surface area contributed by atoms with Gasteiger partial charge in [-0.25, -0.2) is 4.39 Å². The maximum Gasteiger partial charge on any atom is 0.256 e. The summed E-state index contributed by atoms with van der Waals surface area (Å²) in [6.07, 6.45) is 0.680. The van der Waals surface area contributed by atoms with Crippen LogP contribution in [-0.4, -0.2) is 59.3 Å². The Morgan fingerprint density at radius 1 is 0.828 bits per heavy atom. The Morgan fingerprint density at radius 3 is 2.10 bits per heavy atom. The molecule has 7 heteroatoms. The van der Waals surface area contributed by atoms with E-state index >= 15 is 0 Å². The molecule has 2 heterocycles. The molecule has 0 aliphatic carbocycles. The summed E-state index contributed by atoms with van der Waals surface area (Å²) in [6, 6.07) is 14.0. The molecule has 152 valence electrons. The van der Waals surface area contributed by atoms with E-state index < -0.39 is 5.82 Å². The summed E-state index contributed by atoms with van der Waals surface area (Å²) in [7, 11) is 0. The molecule has 29 heavy (non-hydrogen) atoms. The van der Waals surface area contributed by atoms with E-state index in [4.69, 9.17) is 0 Å². The van der Waals surface area contributed by atoms with E-state index in [2.05, 4.69) is 12.1 Å². The first-order chi connectivity index (χ1) is 14.1. The van der Waals surface area contributed by atoms with Gasteiger partial charge in [0, 0.05) is 43.2 Å². The Kier molecular flexibility index (Phi) is 6.45. The molecule has 4 rings (SSSR count). The first-order valence-electron chi connectivity index (χ1n) is 9.80. The van der Waals surface area contributed by atoms with Gasteiger partial charge >= 0.3 is 0 Å². The first kappa shape index (κ1) is 20.3. The highest BCUT2D eigenvalue weighted by Gasteiger charge is 2.25. The minimum Gasteiger partial charge on any atom is -0.337 e. The molecule has 0 radical (unpaired) electrons. The number of amides is 2. The van der Waals surface area contributed by atoms with Crippen LogP contribution in [0.25, 0.3) is 0 Å². The van der Waals surface area contributed by atoms with Crippen molar-refractivity contribution in [1.29, 1.82) is 0 Å². The number of nitrogens with zero attached hydrogens (tertiary/aromatic N) is 2. The van der Waals surface area contributed by atoms with Crippen molar-refractivity contribution in [3.8, 4) is 0 Å². The zero-order chi connectivity index (χ0) is 20.2. The molecule has 2 aromatic carbocycles. The molecule has 2 saturated heterocycles. The second-order valence-electron chi connectivity index (χ2n) is 7.11. The lowest BCUT2D eigenvalue weighted by atomic mass is 10.1. The zero-order valence-electron chi connectivity index (χ0n) is 16.1. The van der Waals surface area contributed by atoms with Crippen molar-refractivity contribution in [2.24, 2.45) is 0 Å². The van der Waals surface area contributed by atoms with Gasteiger partial charge in [0.05, 0.1) is 10.1 Å². The van der Waals surface area contributed by atoms with E-state index in [9.17, 15) is 14.0 Å². The molecule has 2 amide bonds. The van der Waals surface area contributed by atoms with Crippen molar-refractivity contribution in [2.75, 3.05) is 37.7 Å². The van der Waals surface area contributed by atoms with E-state index in [1.165, 1.54) is 29.2 Å². The number of rotatable bonds is 3. The van der Waals surface area contributed by atoms with Gasteiger partial charge in [0.15, 0.2) is 0 Å². The molecule has 0 N–H and O–H groups in total. The summed E-state index contributed by atoms with van der Waals surface area (Å²) in [5.74, 6) is 1.52. The number of carbonyl (C=O) groups is 2. The third kappa shape index (κ3) is 4.61. The van der Waals surface area contributed by atoms with E-state index in [-0.39, 0.29) is 17.4 Å². The van der Waals surface area contributed by atoms with Gasteiger partial charge in [0.2, 0.25) is 0 Å². The lowest BCUT2D eigenvalue weighted by molar-refractivity contribution is 0.0716. The summed E-state index contributed by atoms with van der Waals surface area (Å²) in [6.45, 7) is 1.98. The summed E-state index contributed by atoms with van der Waals surface area (Å²) in [5.41, 5.74) is 2.02. The molecule has 2 aliphatic rings. The number of hydrogen-bond acceptors (Lipinski definition) is 4. The number of benzene rings is 2. The summed E-state index contributed by atoms with van der Waals surface area (Å²) in [5, 5.41) is 0. The molecule has 0 aromatic heterocycles. The first-order valence-corrected chi connectivity index (χ1v) is 11.9. The molecule has 0 spiro atoms. The van der Waals surface area contributed by atoms with E-state index in [1.54, 1.807) is 21.9 Å². The molecule has 4 nitrogen and oxygen atoms in total. The fourth-order valence-electron chi connectivity index (χ4n) is 3.64. The number of halogens is 1. The van der Waals surface area contributed by atoms with E-state index in [0.29, 0.717) is 42.7 Å². The van der Waals surface area contributed by atoms with Crippen molar-refractivity contribution in [3.05, 3.63) is 71.0 Å². The molecular formula is C22H23FN2O2S2. The topological polar surface area (TPSA) is 40.6 Å². The highest BCUT2D eigenvalue weighted by molar-refractivity contribution is 8.19. The Bertz CT molecular complexity index is 885. The predicted molar refractivity (Wildman–Crippen MR) is 117 cm³/mol. The lowest BCUT2D eigenvalue weighted by Gasteiger charge is -2.22. The molecule has 2 fully saturated rings. The highest BCUT2D eigenvalue weighted by Crippen LogP contribution is 2.45. The van der Waals surface area contributed by atoms with Gasteiger partial charge in [0.1, 0.15) is 5.82 Å². The maximum absolute atomic E-state index is 14.0. The van der Waals surface area contributed by atoms with Gasteiger partial charge < -0.3 is 9.80 Å². The monoisotopic (exact) mass is 430 g/mol. The van der Waals surface area contributed by atoms with Crippen molar-refractivity contribution in [1.82, 2.24) is 9.80 Å². The molecule has 0 atom stereocenters. The van der Waals surface area contributed by atoms with Crippen LogP contribution in [0, 0.1) is 5.82 Å². The minimum absolute atomic E-state index is 0.0107. The van der Waals surface area contributed by atoms with Gasteiger partial charge in [-0.15, -0.1) is 23.5 Å². The second kappa shape index (κ2) is 9.22. The normalized spacial score (nSPS) is 18.0. The molecule has 0 unspecified atom stereocenters. The van der Waals surface area contributed by atoms with Crippen LogP contribution in [0.5, 0.6) is 0 Å². The minimum atomic E-state index is -0.506. The van der Waals surface area contributed by atoms with Crippen molar-refractivity contribution in [2.45, 2.75) is 11.0 Å². The zero-order valence-corrected chi connectivity index (χ0v) is 17.7. The van der Waals surface area contributed by atoms with Crippen LogP contribution < -0.4 is 0 Å². The average molecular weight is 431 g/mol. The Balaban J connectivity index is 1.39. The average Bonchev–Trinajstić information content (AvgIpc) is 3.18. The fourth-order valence-corrected chi connectivity index (χ4v) is 6.50. The third-order valence-corrected chi connectivity index (χ3v) is 8.33.